The molecule has 5 heteroatoms. The van der Waals surface area contributed by atoms with Crippen LogP contribution in [0.15, 0.2) is 84.2 Å². The van der Waals surface area contributed by atoms with Crippen LogP contribution in [0.4, 0.5) is 0 Å². The second kappa shape index (κ2) is 7.44. The van der Waals surface area contributed by atoms with E-state index in [-0.39, 0.29) is 16.6 Å². The quantitative estimate of drug-likeness (QED) is 0.305. The van der Waals surface area contributed by atoms with Crippen molar-refractivity contribution in [3.8, 4) is 33.1 Å². The number of fused-ring (bicyclic) bond motifs is 1. The molecule has 0 saturated carbocycles. The van der Waals surface area contributed by atoms with Gasteiger partial charge in [0.25, 0.3) is 0 Å². The van der Waals surface area contributed by atoms with Crippen LogP contribution < -0.4 is 0 Å². The number of aromatic hydroxyl groups is 2. The van der Waals surface area contributed by atoms with Crippen LogP contribution in [0.25, 0.3) is 32.3 Å². The molecule has 0 amide bonds. The van der Waals surface area contributed by atoms with Gasteiger partial charge in [0, 0.05) is 26.6 Å². The first kappa shape index (κ1) is 18.6. The monoisotopic (exact) mass is 428 g/mol. The zero-order valence-electron chi connectivity index (χ0n) is 15.7. The topological polar surface area (TPSA) is 57.5 Å². The number of ketones is 1. The third-order valence-electron chi connectivity index (χ3n) is 5.01. The minimum atomic E-state index is -0.0295. The fourth-order valence-electron chi connectivity index (χ4n) is 3.56. The maximum absolute atomic E-state index is 13.3. The van der Waals surface area contributed by atoms with Crippen molar-refractivity contribution < 1.29 is 15.0 Å². The highest BCUT2D eigenvalue weighted by atomic mass is 32.1. The summed E-state index contributed by atoms with van der Waals surface area (Å²) in [4.78, 5) is 14.0. The summed E-state index contributed by atoms with van der Waals surface area (Å²) in [7, 11) is 0. The molecule has 0 unspecified atom stereocenters. The lowest BCUT2D eigenvalue weighted by Gasteiger charge is -2.07. The van der Waals surface area contributed by atoms with E-state index < -0.39 is 0 Å². The molecule has 3 nitrogen and oxygen atoms in total. The van der Waals surface area contributed by atoms with Crippen LogP contribution in [0.2, 0.25) is 0 Å². The summed E-state index contributed by atoms with van der Waals surface area (Å²) in [6.45, 7) is 0. The van der Waals surface area contributed by atoms with E-state index >= 15 is 0 Å². The number of phenols is 1. The Bertz CT molecular complexity index is 1360. The van der Waals surface area contributed by atoms with E-state index in [2.05, 4.69) is 0 Å². The minimum absolute atomic E-state index is 0.0295. The number of hydrogen-bond donors (Lipinski definition) is 2. The van der Waals surface area contributed by atoms with Gasteiger partial charge in [-0.25, -0.2) is 0 Å². The molecule has 0 spiro atoms. The smallest absolute Gasteiger partial charge is 0.203 e. The highest BCUT2D eigenvalue weighted by Gasteiger charge is 2.21. The average Bonchev–Trinajstić information content (AvgIpc) is 3.37. The molecule has 146 valence electrons. The van der Waals surface area contributed by atoms with Crippen molar-refractivity contribution in [3.05, 3.63) is 94.7 Å². The van der Waals surface area contributed by atoms with Gasteiger partial charge in [-0.15, -0.1) is 22.7 Å². The number of rotatable bonds is 4. The summed E-state index contributed by atoms with van der Waals surface area (Å²) in [6.07, 6.45) is 0. The standard InChI is InChI=1S/C25H16O3S2/c26-19-10-11-20-21(13-19)30-25(24(28)17-4-2-1-3-5-17)23(20)16-8-6-15(7-9-16)18-12-22(27)29-14-18/h1-14,26-27H. The SMILES string of the molecule is O=C(c1ccccc1)c1sc2cc(O)ccc2c1-c1ccc(-c2csc(O)c2)cc1. The third kappa shape index (κ3) is 3.28. The molecule has 0 aliphatic rings. The highest BCUT2D eigenvalue weighted by Crippen LogP contribution is 2.42. The second-order valence-electron chi connectivity index (χ2n) is 6.93. The lowest BCUT2D eigenvalue weighted by atomic mass is 9.96. The molecule has 0 atom stereocenters. The molecule has 30 heavy (non-hydrogen) atoms. The molecule has 2 N–H and O–H groups in total. The predicted molar refractivity (Wildman–Crippen MR) is 124 cm³/mol. The van der Waals surface area contributed by atoms with Gasteiger partial charge in [-0.1, -0.05) is 54.6 Å². The molecule has 0 bridgehead atoms. The molecule has 3 aromatic carbocycles. The van der Waals surface area contributed by atoms with E-state index in [1.165, 1.54) is 22.7 Å². The maximum atomic E-state index is 13.3. The Kier molecular flexibility index (Phi) is 4.62. The molecule has 0 radical (unpaired) electrons. The molecule has 0 aliphatic heterocycles. The Labute approximate surface area is 181 Å². The number of carbonyl (C=O) groups is 1. The molecule has 0 aliphatic carbocycles. The van der Waals surface area contributed by atoms with Crippen molar-refractivity contribution >= 4 is 38.5 Å². The van der Waals surface area contributed by atoms with Gasteiger partial charge >= 0.3 is 0 Å². The van der Waals surface area contributed by atoms with E-state index in [4.69, 9.17) is 0 Å². The lowest BCUT2D eigenvalue weighted by molar-refractivity contribution is 0.104. The summed E-state index contributed by atoms with van der Waals surface area (Å²) in [5.74, 6) is 0.153. The third-order valence-corrected chi connectivity index (χ3v) is 6.89. The maximum Gasteiger partial charge on any atom is 0.203 e. The average molecular weight is 429 g/mol. The number of hydrogen-bond acceptors (Lipinski definition) is 5. The van der Waals surface area contributed by atoms with Crippen LogP contribution in [0.1, 0.15) is 15.2 Å². The first-order chi connectivity index (χ1) is 14.6. The van der Waals surface area contributed by atoms with Gasteiger partial charge in [0.2, 0.25) is 5.78 Å². The zero-order chi connectivity index (χ0) is 20.7. The van der Waals surface area contributed by atoms with Crippen LogP contribution in [0.5, 0.6) is 10.8 Å². The fraction of sp³-hybridized carbons (Fsp3) is 0. The summed E-state index contributed by atoms with van der Waals surface area (Å²) in [6, 6.07) is 24.2. The molecule has 2 heterocycles. The highest BCUT2D eigenvalue weighted by molar-refractivity contribution is 7.21. The predicted octanol–water partition coefficient (Wildman–Crippen LogP) is 6.94. The number of carbonyl (C=O) groups excluding carboxylic acids is 1. The van der Waals surface area contributed by atoms with Crippen molar-refractivity contribution in [2.24, 2.45) is 0 Å². The van der Waals surface area contributed by atoms with Crippen LogP contribution in [0, 0.1) is 0 Å². The Morgan fingerprint density at radius 1 is 0.767 bits per heavy atom. The van der Waals surface area contributed by atoms with Crippen molar-refractivity contribution in [1.29, 1.82) is 0 Å². The molecular weight excluding hydrogens is 412 g/mol. The first-order valence-corrected chi connectivity index (χ1v) is 11.0. The first-order valence-electron chi connectivity index (χ1n) is 9.34. The van der Waals surface area contributed by atoms with Gasteiger partial charge < -0.3 is 10.2 Å². The van der Waals surface area contributed by atoms with Crippen LogP contribution in [0.3, 0.4) is 0 Å². The Hall–Kier alpha value is -3.41. The van der Waals surface area contributed by atoms with E-state index in [0.717, 1.165) is 32.3 Å². The Morgan fingerprint density at radius 3 is 2.20 bits per heavy atom. The summed E-state index contributed by atoms with van der Waals surface area (Å²) < 4.78 is 0.871. The number of thiophene rings is 2. The number of phenolic OH excluding ortho intramolecular Hbond substituents is 1. The molecule has 5 aromatic rings. The van der Waals surface area contributed by atoms with Gasteiger partial charge in [-0.2, -0.15) is 0 Å². The van der Waals surface area contributed by atoms with Gasteiger partial charge in [0.1, 0.15) is 5.75 Å². The normalized spacial score (nSPS) is 11.1. The molecule has 2 aromatic heterocycles. The molecular formula is C25H16O3S2. The van der Waals surface area contributed by atoms with Crippen molar-refractivity contribution in [2.45, 2.75) is 0 Å². The second-order valence-corrected chi connectivity index (χ2v) is 8.87. The van der Waals surface area contributed by atoms with Crippen molar-refractivity contribution in [2.75, 3.05) is 0 Å². The van der Waals surface area contributed by atoms with Gasteiger partial charge in [0.15, 0.2) is 5.06 Å². The molecule has 0 fully saturated rings. The van der Waals surface area contributed by atoms with E-state index in [1.807, 2.05) is 66.0 Å². The molecule has 0 saturated heterocycles. The zero-order valence-corrected chi connectivity index (χ0v) is 17.3. The van der Waals surface area contributed by atoms with Crippen LogP contribution in [-0.2, 0) is 0 Å². The summed E-state index contributed by atoms with van der Waals surface area (Å²) in [5, 5.41) is 22.7. The Balaban J connectivity index is 1.66. The minimum Gasteiger partial charge on any atom is -0.508 e. The van der Waals surface area contributed by atoms with Crippen molar-refractivity contribution in [1.82, 2.24) is 0 Å². The van der Waals surface area contributed by atoms with Crippen LogP contribution >= 0.6 is 22.7 Å². The van der Waals surface area contributed by atoms with Gasteiger partial charge in [-0.3, -0.25) is 4.79 Å². The van der Waals surface area contributed by atoms with E-state index in [1.54, 1.807) is 18.2 Å². The number of benzene rings is 3. The Morgan fingerprint density at radius 2 is 1.50 bits per heavy atom. The van der Waals surface area contributed by atoms with Gasteiger partial charge in [-0.05, 0) is 41.0 Å². The van der Waals surface area contributed by atoms with Gasteiger partial charge in [0.05, 0.1) is 4.88 Å². The van der Waals surface area contributed by atoms with Crippen LogP contribution in [-0.4, -0.2) is 16.0 Å². The largest absolute Gasteiger partial charge is 0.508 e. The summed E-state index contributed by atoms with van der Waals surface area (Å²) >= 11 is 2.70. The van der Waals surface area contributed by atoms with Crippen molar-refractivity contribution in [3.63, 3.8) is 0 Å². The lowest BCUT2D eigenvalue weighted by Crippen LogP contribution is -2.00. The van der Waals surface area contributed by atoms with E-state index in [9.17, 15) is 15.0 Å². The molecule has 5 rings (SSSR count). The van der Waals surface area contributed by atoms with E-state index in [0.29, 0.717) is 10.4 Å². The fourth-order valence-corrected chi connectivity index (χ4v) is 5.42. The summed E-state index contributed by atoms with van der Waals surface area (Å²) in [5.41, 5.74) is 4.42.